The SMILES string of the molecule is CC(=O)c1c[nH]c(C(=O)Nc2nnc(C34CC5CC(CC(C5)C3)C4)s2)c1. The highest BCUT2D eigenvalue weighted by atomic mass is 32.1. The van der Waals surface area contributed by atoms with Crippen LogP contribution >= 0.6 is 11.3 Å². The maximum atomic E-state index is 12.4. The summed E-state index contributed by atoms with van der Waals surface area (Å²) in [6.07, 6.45) is 9.45. The molecular weight excluding hydrogens is 348 g/mol. The molecule has 2 aromatic heterocycles. The van der Waals surface area contributed by atoms with Crippen LogP contribution in [0.5, 0.6) is 0 Å². The van der Waals surface area contributed by atoms with Crippen molar-refractivity contribution >= 4 is 28.2 Å². The van der Waals surface area contributed by atoms with E-state index in [9.17, 15) is 9.59 Å². The molecule has 4 saturated carbocycles. The summed E-state index contributed by atoms with van der Waals surface area (Å²) >= 11 is 1.52. The molecule has 6 nitrogen and oxygen atoms in total. The number of nitrogens with zero attached hydrogens (tertiary/aromatic N) is 2. The van der Waals surface area contributed by atoms with E-state index in [1.165, 1.54) is 56.8 Å². The van der Waals surface area contributed by atoms with Crippen LogP contribution in [0.4, 0.5) is 5.13 Å². The second-order valence-corrected chi connectivity index (χ2v) is 9.40. The van der Waals surface area contributed by atoms with Crippen molar-refractivity contribution in [3.8, 4) is 0 Å². The fourth-order valence-corrected chi connectivity index (χ4v) is 6.71. The van der Waals surface area contributed by atoms with Gasteiger partial charge in [-0.1, -0.05) is 11.3 Å². The third-order valence-corrected chi connectivity index (χ3v) is 7.56. The Labute approximate surface area is 155 Å². The number of carbonyl (C=O) groups is 2. The zero-order valence-electron chi connectivity index (χ0n) is 14.7. The fraction of sp³-hybridized carbons (Fsp3) is 0.579. The summed E-state index contributed by atoms with van der Waals surface area (Å²) < 4.78 is 0. The molecule has 6 rings (SSSR count). The first-order valence-corrected chi connectivity index (χ1v) is 10.2. The first-order chi connectivity index (χ1) is 12.5. The van der Waals surface area contributed by atoms with Crippen molar-refractivity contribution < 1.29 is 9.59 Å². The van der Waals surface area contributed by atoms with Crippen LogP contribution in [0.15, 0.2) is 12.3 Å². The Morgan fingerprint density at radius 3 is 2.38 bits per heavy atom. The second-order valence-electron chi connectivity index (χ2n) is 8.42. The van der Waals surface area contributed by atoms with E-state index in [0.29, 0.717) is 16.4 Å². The van der Waals surface area contributed by atoms with Gasteiger partial charge < -0.3 is 4.98 Å². The third kappa shape index (κ3) is 2.60. The van der Waals surface area contributed by atoms with Gasteiger partial charge in [0.25, 0.3) is 5.91 Å². The molecule has 4 bridgehead atoms. The Hall–Kier alpha value is -2.02. The molecule has 2 heterocycles. The predicted octanol–water partition coefficient (Wildman–Crippen LogP) is 3.79. The number of aromatic nitrogens is 3. The molecule has 0 saturated heterocycles. The Kier molecular flexibility index (Phi) is 3.57. The van der Waals surface area contributed by atoms with Gasteiger partial charge in [-0.2, -0.15) is 0 Å². The summed E-state index contributed by atoms with van der Waals surface area (Å²) in [5, 5.41) is 13.2. The molecule has 4 fully saturated rings. The van der Waals surface area contributed by atoms with Gasteiger partial charge in [0.05, 0.1) is 0 Å². The minimum absolute atomic E-state index is 0.0692. The van der Waals surface area contributed by atoms with Crippen molar-refractivity contribution in [3.63, 3.8) is 0 Å². The Morgan fingerprint density at radius 1 is 1.15 bits per heavy atom. The summed E-state index contributed by atoms with van der Waals surface area (Å²) in [5.74, 6) is 2.21. The smallest absolute Gasteiger partial charge is 0.273 e. The second kappa shape index (κ2) is 5.74. The van der Waals surface area contributed by atoms with Gasteiger partial charge in [-0.25, -0.2) is 0 Å². The highest BCUT2D eigenvalue weighted by Gasteiger charge is 2.53. The number of rotatable bonds is 4. The molecule has 4 aliphatic rings. The van der Waals surface area contributed by atoms with E-state index in [0.717, 1.165) is 22.8 Å². The average Bonchev–Trinajstić information content (AvgIpc) is 3.23. The fourth-order valence-electron chi connectivity index (χ4n) is 5.75. The molecule has 136 valence electrons. The van der Waals surface area contributed by atoms with Crippen LogP contribution in [0.1, 0.15) is 71.3 Å². The summed E-state index contributed by atoms with van der Waals surface area (Å²) in [6, 6.07) is 1.57. The summed E-state index contributed by atoms with van der Waals surface area (Å²) in [6.45, 7) is 1.48. The zero-order valence-corrected chi connectivity index (χ0v) is 15.6. The van der Waals surface area contributed by atoms with Gasteiger partial charge in [-0.3, -0.25) is 14.9 Å². The molecule has 0 atom stereocenters. The first-order valence-electron chi connectivity index (χ1n) is 9.35. The van der Waals surface area contributed by atoms with Gasteiger partial charge in [0.15, 0.2) is 5.78 Å². The van der Waals surface area contributed by atoms with Crippen LogP contribution in [0.3, 0.4) is 0 Å². The van der Waals surface area contributed by atoms with Gasteiger partial charge in [-0.15, -0.1) is 10.2 Å². The maximum Gasteiger partial charge on any atom is 0.273 e. The highest BCUT2D eigenvalue weighted by Crippen LogP contribution is 2.61. The van der Waals surface area contributed by atoms with Gasteiger partial charge in [0, 0.05) is 17.2 Å². The summed E-state index contributed by atoms with van der Waals surface area (Å²) in [4.78, 5) is 26.6. The quantitative estimate of drug-likeness (QED) is 0.802. The predicted molar refractivity (Wildman–Crippen MR) is 98.5 cm³/mol. The standard InChI is InChI=1S/C19H22N4O2S/c1-10(24)14-5-15(20-9-14)16(25)21-18-23-22-17(26-18)19-6-11-2-12(7-19)4-13(3-11)8-19/h5,9,11-13,20H,2-4,6-8H2,1H3,(H,21,23,25). The monoisotopic (exact) mass is 370 g/mol. The number of ketones is 1. The van der Waals surface area contributed by atoms with Crippen LogP contribution in [0.25, 0.3) is 0 Å². The number of Topliss-reactive ketones (excluding diaryl/α,β-unsaturated/α-hetero) is 1. The van der Waals surface area contributed by atoms with E-state index in [-0.39, 0.29) is 17.1 Å². The van der Waals surface area contributed by atoms with Gasteiger partial charge in [0.1, 0.15) is 10.7 Å². The Balaban J connectivity index is 1.34. The number of amides is 1. The molecule has 2 N–H and O–H groups in total. The Morgan fingerprint density at radius 2 is 1.81 bits per heavy atom. The van der Waals surface area contributed by atoms with Crippen molar-refractivity contribution in [2.75, 3.05) is 5.32 Å². The first kappa shape index (κ1) is 16.2. The number of H-pyrrole nitrogens is 1. The van der Waals surface area contributed by atoms with Crippen molar-refractivity contribution in [2.24, 2.45) is 17.8 Å². The molecule has 0 unspecified atom stereocenters. The summed E-state index contributed by atoms with van der Waals surface area (Å²) in [5.41, 5.74) is 1.06. The van der Waals surface area contributed by atoms with E-state index in [4.69, 9.17) is 0 Å². The van der Waals surface area contributed by atoms with Crippen LogP contribution < -0.4 is 5.32 Å². The molecule has 0 spiro atoms. The number of hydrogen-bond donors (Lipinski definition) is 2. The zero-order chi connectivity index (χ0) is 17.9. The van der Waals surface area contributed by atoms with Crippen LogP contribution in [0, 0.1) is 17.8 Å². The van der Waals surface area contributed by atoms with Gasteiger partial charge in [-0.05, 0) is 69.3 Å². The van der Waals surface area contributed by atoms with Crippen molar-refractivity contribution in [1.29, 1.82) is 0 Å². The van der Waals surface area contributed by atoms with E-state index >= 15 is 0 Å². The largest absolute Gasteiger partial charge is 0.356 e. The van der Waals surface area contributed by atoms with Crippen molar-refractivity contribution in [2.45, 2.75) is 50.9 Å². The lowest BCUT2D eigenvalue weighted by Crippen LogP contribution is -2.48. The van der Waals surface area contributed by atoms with E-state index in [2.05, 4.69) is 20.5 Å². The molecule has 0 radical (unpaired) electrons. The number of carbonyl (C=O) groups excluding carboxylic acids is 2. The van der Waals surface area contributed by atoms with Gasteiger partial charge >= 0.3 is 0 Å². The normalized spacial score (nSPS) is 32.0. The molecular formula is C19H22N4O2S. The molecule has 2 aromatic rings. The molecule has 7 heteroatoms. The van der Waals surface area contributed by atoms with Crippen LogP contribution in [-0.4, -0.2) is 26.9 Å². The molecule has 0 aliphatic heterocycles. The van der Waals surface area contributed by atoms with Crippen molar-refractivity contribution in [3.05, 3.63) is 28.5 Å². The lowest BCUT2D eigenvalue weighted by atomic mass is 9.50. The maximum absolute atomic E-state index is 12.4. The lowest BCUT2D eigenvalue weighted by molar-refractivity contribution is -0.00555. The number of hydrogen-bond acceptors (Lipinski definition) is 5. The Bertz CT molecular complexity index is 848. The molecule has 4 aliphatic carbocycles. The summed E-state index contributed by atoms with van der Waals surface area (Å²) in [7, 11) is 0. The van der Waals surface area contributed by atoms with Gasteiger partial charge in [0.2, 0.25) is 5.13 Å². The molecule has 1 amide bonds. The average molecular weight is 370 g/mol. The van der Waals surface area contributed by atoms with E-state index < -0.39 is 0 Å². The van der Waals surface area contributed by atoms with Crippen LogP contribution in [0.2, 0.25) is 0 Å². The lowest BCUT2D eigenvalue weighted by Gasteiger charge is -2.55. The third-order valence-electron chi connectivity index (χ3n) is 6.47. The van der Waals surface area contributed by atoms with Crippen LogP contribution in [-0.2, 0) is 5.41 Å². The highest BCUT2D eigenvalue weighted by molar-refractivity contribution is 7.15. The number of aromatic amines is 1. The van der Waals surface area contributed by atoms with Crippen molar-refractivity contribution in [1.82, 2.24) is 15.2 Å². The minimum atomic E-state index is -0.286. The number of anilines is 1. The van der Waals surface area contributed by atoms with E-state index in [1.807, 2.05) is 0 Å². The topological polar surface area (TPSA) is 87.7 Å². The van der Waals surface area contributed by atoms with E-state index in [1.54, 1.807) is 12.3 Å². The minimum Gasteiger partial charge on any atom is -0.356 e. The number of nitrogens with one attached hydrogen (secondary N) is 2. The molecule has 26 heavy (non-hydrogen) atoms. The molecule has 0 aromatic carbocycles.